The van der Waals surface area contributed by atoms with Gasteiger partial charge in [-0.25, -0.2) is 4.79 Å². The van der Waals surface area contributed by atoms with E-state index in [9.17, 15) is 4.79 Å². The van der Waals surface area contributed by atoms with Crippen molar-refractivity contribution in [1.82, 2.24) is 5.32 Å². The minimum Gasteiger partial charge on any atom is -0.493 e. The van der Waals surface area contributed by atoms with Gasteiger partial charge in [-0.1, -0.05) is 5.57 Å². The van der Waals surface area contributed by atoms with Gasteiger partial charge in [-0.2, -0.15) is 0 Å². The summed E-state index contributed by atoms with van der Waals surface area (Å²) in [5, 5.41) is 3.61. The number of fused-ring (bicyclic) bond motifs is 3. The molecule has 0 unspecified atom stereocenters. The van der Waals surface area contributed by atoms with Gasteiger partial charge in [0.1, 0.15) is 0 Å². The third kappa shape index (κ3) is 3.13. The Morgan fingerprint density at radius 3 is 2.75 bits per heavy atom. The van der Waals surface area contributed by atoms with Crippen LogP contribution in [0.5, 0.6) is 11.5 Å². The van der Waals surface area contributed by atoms with Gasteiger partial charge in [0, 0.05) is 24.6 Å². The van der Waals surface area contributed by atoms with Gasteiger partial charge in [-0.05, 0) is 49.4 Å². The smallest absolute Gasteiger partial charge is 0.330 e. The molecule has 3 rings (SSSR count). The number of hydrogen-bond donors (Lipinski definition) is 1. The zero-order valence-corrected chi connectivity index (χ0v) is 14.6. The van der Waals surface area contributed by atoms with Crippen molar-refractivity contribution in [2.75, 3.05) is 20.8 Å². The van der Waals surface area contributed by atoms with Gasteiger partial charge >= 0.3 is 5.97 Å². The number of benzene rings is 1. The maximum Gasteiger partial charge on any atom is 0.330 e. The van der Waals surface area contributed by atoms with E-state index < -0.39 is 0 Å². The van der Waals surface area contributed by atoms with Crippen LogP contribution in [0.15, 0.2) is 23.8 Å². The lowest BCUT2D eigenvalue weighted by Gasteiger charge is -2.40. The fraction of sp³-hybridized carbons (Fsp3) is 0.526. The lowest BCUT2D eigenvalue weighted by Crippen LogP contribution is -2.42. The van der Waals surface area contributed by atoms with Crippen LogP contribution in [0.1, 0.15) is 43.2 Å². The Morgan fingerprint density at radius 1 is 1.29 bits per heavy atom. The Hall–Kier alpha value is -2.01. The van der Waals surface area contributed by atoms with Crippen molar-refractivity contribution in [3.05, 3.63) is 34.9 Å². The van der Waals surface area contributed by atoms with Crippen LogP contribution in [0, 0.1) is 0 Å². The van der Waals surface area contributed by atoms with E-state index in [1.807, 2.05) is 13.0 Å². The van der Waals surface area contributed by atoms with Gasteiger partial charge < -0.3 is 19.5 Å². The highest BCUT2D eigenvalue weighted by Crippen LogP contribution is 2.44. The number of esters is 1. The second kappa shape index (κ2) is 7.26. The van der Waals surface area contributed by atoms with Crippen LogP contribution in [0.4, 0.5) is 0 Å². The molecule has 0 spiro atoms. The minimum absolute atomic E-state index is 0.187. The summed E-state index contributed by atoms with van der Waals surface area (Å²) in [4.78, 5) is 12.0. The van der Waals surface area contributed by atoms with E-state index in [1.54, 1.807) is 20.3 Å². The maximum absolute atomic E-state index is 12.0. The fourth-order valence-corrected chi connectivity index (χ4v) is 3.86. The first kappa shape index (κ1) is 16.8. The Balaban J connectivity index is 2.02. The van der Waals surface area contributed by atoms with Crippen LogP contribution in [-0.4, -0.2) is 32.8 Å². The molecule has 0 aromatic heterocycles. The van der Waals surface area contributed by atoms with E-state index in [2.05, 4.69) is 11.4 Å². The van der Waals surface area contributed by atoms with Crippen LogP contribution in [0.2, 0.25) is 0 Å². The van der Waals surface area contributed by atoms with Crippen LogP contribution in [0.25, 0.3) is 0 Å². The molecule has 2 atom stereocenters. The molecule has 2 aliphatic rings. The van der Waals surface area contributed by atoms with Gasteiger partial charge in [0.05, 0.1) is 20.8 Å². The Bertz CT molecular complexity index is 653. The van der Waals surface area contributed by atoms with Gasteiger partial charge in [0.2, 0.25) is 0 Å². The SMILES string of the molecule is CCOC(=O)C=C1CCC[C@H]2NCc3cc(OC)c(OC)cc3[C@@H]12. The van der Waals surface area contributed by atoms with Crippen molar-refractivity contribution in [3.63, 3.8) is 0 Å². The Labute approximate surface area is 143 Å². The van der Waals surface area contributed by atoms with E-state index in [0.29, 0.717) is 12.6 Å². The summed E-state index contributed by atoms with van der Waals surface area (Å²) < 4.78 is 16.0. The first-order valence-electron chi connectivity index (χ1n) is 8.53. The zero-order chi connectivity index (χ0) is 17.1. The standard InChI is InChI=1S/C19H25NO4/c1-4-24-18(21)9-12-6-5-7-15-19(12)14-10-17(23-3)16(22-2)8-13(14)11-20-15/h8-10,15,19-20H,4-7,11H2,1-3H3/t15-,19-/m1/s1. The zero-order valence-electron chi connectivity index (χ0n) is 14.6. The molecular formula is C19H25NO4. The molecule has 24 heavy (non-hydrogen) atoms. The van der Waals surface area contributed by atoms with Crippen molar-refractivity contribution in [2.45, 2.75) is 44.7 Å². The summed E-state index contributed by atoms with van der Waals surface area (Å²) in [6, 6.07) is 4.45. The van der Waals surface area contributed by atoms with E-state index in [-0.39, 0.29) is 11.9 Å². The number of nitrogens with one attached hydrogen (secondary N) is 1. The highest BCUT2D eigenvalue weighted by atomic mass is 16.5. The minimum atomic E-state index is -0.249. The van der Waals surface area contributed by atoms with Gasteiger partial charge in [-0.15, -0.1) is 0 Å². The summed E-state index contributed by atoms with van der Waals surface area (Å²) in [5.74, 6) is 1.41. The van der Waals surface area contributed by atoms with Crippen molar-refractivity contribution in [2.24, 2.45) is 0 Å². The average molecular weight is 331 g/mol. The molecule has 1 aromatic rings. The molecule has 1 aliphatic heterocycles. The van der Waals surface area contributed by atoms with Gasteiger partial charge in [-0.3, -0.25) is 0 Å². The molecule has 0 amide bonds. The van der Waals surface area contributed by atoms with Crippen molar-refractivity contribution < 1.29 is 19.0 Å². The number of ether oxygens (including phenoxy) is 3. The monoisotopic (exact) mass is 331 g/mol. The summed E-state index contributed by atoms with van der Waals surface area (Å²) >= 11 is 0. The van der Waals surface area contributed by atoms with E-state index >= 15 is 0 Å². The number of hydrogen-bond acceptors (Lipinski definition) is 5. The van der Waals surface area contributed by atoms with Gasteiger partial charge in [0.15, 0.2) is 11.5 Å². The fourth-order valence-electron chi connectivity index (χ4n) is 3.86. The highest BCUT2D eigenvalue weighted by Gasteiger charge is 2.35. The van der Waals surface area contributed by atoms with Crippen molar-refractivity contribution >= 4 is 5.97 Å². The predicted molar refractivity (Wildman–Crippen MR) is 91.5 cm³/mol. The molecule has 130 valence electrons. The van der Waals surface area contributed by atoms with Crippen LogP contribution in [0.3, 0.4) is 0 Å². The van der Waals surface area contributed by atoms with Crippen LogP contribution in [-0.2, 0) is 16.1 Å². The molecule has 1 heterocycles. The number of carbonyl (C=O) groups is 1. The third-order valence-corrected chi connectivity index (χ3v) is 4.91. The predicted octanol–water partition coefficient (Wildman–Crippen LogP) is 2.93. The summed E-state index contributed by atoms with van der Waals surface area (Å²) in [7, 11) is 3.30. The third-order valence-electron chi connectivity index (χ3n) is 4.91. The second-order valence-electron chi connectivity index (χ2n) is 6.23. The number of carbonyl (C=O) groups excluding carboxylic acids is 1. The van der Waals surface area contributed by atoms with E-state index in [0.717, 1.165) is 42.9 Å². The lowest BCUT2D eigenvalue weighted by molar-refractivity contribution is -0.137. The Kier molecular flexibility index (Phi) is 5.09. The van der Waals surface area contributed by atoms with Crippen LogP contribution < -0.4 is 14.8 Å². The topological polar surface area (TPSA) is 56.8 Å². The summed E-state index contributed by atoms with van der Waals surface area (Å²) in [6.45, 7) is 3.04. The lowest BCUT2D eigenvalue weighted by atomic mass is 9.72. The summed E-state index contributed by atoms with van der Waals surface area (Å²) in [5.41, 5.74) is 3.57. The molecule has 0 bridgehead atoms. The molecule has 1 fully saturated rings. The molecule has 1 aromatic carbocycles. The van der Waals surface area contributed by atoms with E-state index in [1.165, 1.54) is 11.1 Å². The molecule has 1 N–H and O–H groups in total. The largest absolute Gasteiger partial charge is 0.493 e. The quantitative estimate of drug-likeness (QED) is 0.679. The van der Waals surface area contributed by atoms with Crippen molar-refractivity contribution in [1.29, 1.82) is 0 Å². The van der Waals surface area contributed by atoms with Crippen LogP contribution >= 0.6 is 0 Å². The van der Waals surface area contributed by atoms with Crippen molar-refractivity contribution in [3.8, 4) is 11.5 Å². The molecule has 0 saturated heterocycles. The molecule has 5 heteroatoms. The molecule has 0 radical (unpaired) electrons. The highest BCUT2D eigenvalue weighted by molar-refractivity contribution is 5.83. The normalized spacial score (nSPS) is 24.0. The molecular weight excluding hydrogens is 306 g/mol. The number of rotatable bonds is 4. The number of methoxy groups -OCH3 is 2. The second-order valence-corrected chi connectivity index (χ2v) is 6.23. The van der Waals surface area contributed by atoms with Gasteiger partial charge in [0.25, 0.3) is 0 Å². The molecule has 5 nitrogen and oxygen atoms in total. The maximum atomic E-state index is 12.0. The Morgan fingerprint density at radius 2 is 2.04 bits per heavy atom. The van der Waals surface area contributed by atoms with E-state index in [4.69, 9.17) is 14.2 Å². The average Bonchev–Trinajstić information content (AvgIpc) is 2.60. The molecule has 1 aliphatic carbocycles. The first-order valence-corrected chi connectivity index (χ1v) is 8.53. The summed E-state index contributed by atoms with van der Waals surface area (Å²) in [6.07, 6.45) is 4.81. The molecule has 1 saturated carbocycles. The first-order chi connectivity index (χ1) is 11.7.